The van der Waals surface area contributed by atoms with E-state index in [2.05, 4.69) is 5.32 Å². The van der Waals surface area contributed by atoms with Crippen LogP contribution < -0.4 is 11.1 Å². The van der Waals surface area contributed by atoms with Crippen LogP contribution in [0.2, 0.25) is 0 Å². The number of rotatable bonds is 4. The summed E-state index contributed by atoms with van der Waals surface area (Å²) in [5, 5.41) is 2.69. The maximum absolute atomic E-state index is 12.8. The molecule has 4 heteroatoms. The Labute approximate surface area is 94.8 Å². The lowest BCUT2D eigenvalue weighted by Crippen LogP contribution is -2.20. The summed E-state index contributed by atoms with van der Waals surface area (Å²) in [7, 11) is 0. The molecule has 0 radical (unpaired) electrons. The Morgan fingerprint density at radius 3 is 2.81 bits per heavy atom. The highest BCUT2D eigenvalue weighted by molar-refractivity contribution is 5.95. The second-order valence-corrected chi connectivity index (χ2v) is 3.91. The van der Waals surface area contributed by atoms with E-state index in [9.17, 15) is 9.18 Å². The van der Waals surface area contributed by atoms with Crippen molar-refractivity contribution in [3.05, 3.63) is 24.0 Å². The van der Waals surface area contributed by atoms with E-state index in [4.69, 9.17) is 5.73 Å². The quantitative estimate of drug-likeness (QED) is 0.773. The lowest BCUT2D eigenvalue weighted by atomic mass is 10.1. The van der Waals surface area contributed by atoms with Gasteiger partial charge in [-0.05, 0) is 24.6 Å². The van der Waals surface area contributed by atoms with Gasteiger partial charge < -0.3 is 11.1 Å². The van der Waals surface area contributed by atoms with Crippen molar-refractivity contribution < 1.29 is 9.18 Å². The number of nitrogens with two attached hydrogens (primary N) is 1. The van der Waals surface area contributed by atoms with Crippen LogP contribution in [-0.2, 0) is 4.79 Å². The highest BCUT2D eigenvalue weighted by Gasteiger charge is 2.13. The molecule has 1 aromatic carbocycles. The molecule has 1 amide bonds. The first-order chi connectivity index (χ1) is 7.54. The maximum Gasteiger partial charge on any atom is 0.227 e. The van der Waals surface area contributed by atoms with Crippen LogP contribution in [0.25, 0.3) is 0 Å². The van der Waals surface area contributed by atoms with Crippen molar-refractivity contribution in [3.63, 3.8) is 0 Å². The molecule has 0 aliphatic carbocycles. The minimum absolute atomic E-state index is 0.0607. The molecule has 0 aliphatic heterocycles. The Morgan fingerprint density at radius 1 is 1.56 bits per heavy atom. The molecule has 0 bridgehead atoms. The zero-order chi connectivity index (χ0) is 12.1. The Morgan fingerprint density at radius 2 is 2.25 bits per heavy atom. The number of halogens is 1. The predicted octanol–water partition coefficient (Wildman–Crippen LogP) is 2.78. The van der Waals surface area contributed by atoms with Gasteiger partial charge in [-0.25, -0.2) is 4.39 Å². The largest absolute Gasteiger partial charge is 0.397 e. The van der Waals surface area contributed by atoms with Crippen molar-refractivity contribution in [1.82, 2.24) is 0 Å². The molecule has 1 atom stereocenters. The summed E-state index contributed by atoms with van der Waals surface area (Å²) in [6, 6.07) is 3.94. The third-order valence-corrected chi connectivity index (χ3v) is 2.44. The zero-order valence-electron chi connectivity index (χ0n) is 9.59. The molecule has 0 saturated carbocycles. The fourth-order valence-electron chi connectivity index (χ4n) is 1.47. The van der Waals surface area contributed by atoms with E-state index in [1.807, 2.05) is 13.8 Å². The number of carbonyl (C=O) groups excluding carboxylic acids is 1. The molecule has 16 heavy (non-hydrogen) atoms. The van der Waals surface area contributed by atoms with E-state index in [1.165, 1.54) is 18.2 Å². The van der Waals surface area contributed by atoms with Crippen LogP contribution in [0.15, 0.2) is 18.2 Å². The molecular weight excluding hydrogens is 207 g/mol. The molecule has 0 spiro atoms. The summed E-state index contributed by atoms with van der Waals surface area (Å²) >= 11 is 0. The topological polar surface area (TPSA) is 55.1 Å². The first-order valence-electron chi connectivity index (χ1n) is 5.40. The molecule has 1 aromatic rings. The molecule has 0 fully saturated rings. The molecule has 3 nitrogen and oxygen atoms in total. The lowest BCUT2D eigenvalue weighted by molar-refractivity contribution is -0.119. The zero-order valence-corrected chi connectivity index (χ0v) is 9.59. The van der Waals surface area contributed by atoms with Crippen molar-refractivity contribution >= 4 is 17.3 Å². The molecule has 88 valence electrons. The first-order valence-corrected chi connectivity index (χ1v) is 5.40. The highest BCUT2D eigenvalue weighted by Crippen LogP contribution is 2.20. The van der Waals surface area contributed by atoms with Crippen LogP contribution in [0.1, 0.15) is 26.7 Å². The van der Waals surface area contributed by atoms with E-state index >= 15 is 0 Å². The van der Waals surface area contributed by atoms with Gasteiger partial charge in [-0.2, -0.15) is 0 Å². The number of carbonyl (C=O) groups is 1. The van der Waals surface area contributed by atoms with Crippen LogP contribution in [0.4, 0.5) is 15.8 Å². The SMILES string of the molecule is CCCC(C)C(=O)Nc1ccc(F)cc1N. The van der Waals surface area contributed by atoms with Gasteiger partial charge in [0.2, 0.25) is 5.91 Å². The molecule has 0 heterocycles. The van der Waals surface area contributed by atoms with Gasteiger partial charge in [-0.1, -0.05) is 20.3 Å². The highest BCUT2D eigenvalue weighted by atomic mass is 19.1. The fraction of sp³-hybridized carbons (Fsp3) is 0.417. The van der Waals surface area contributed by atoms with Crippen LogP contribution in [0.5, 0.6) is 0 Å². The fourth-order valence-corrected chi connectivity index (χ4v) is 1.47. The van der Waals surface area contributed by atoms with Crippen molar-refractivity contribution in [2.45, 2.75) is 26.7 Å². The Bertz CT molecular complexity index is 379. The minimum Gasteiger partial charge on any atom is -0.397 e. The van der Waals surface area contributed by atoms with Crippen LogP contribution >= 0.6 is 0 Å². The molecule has 0 aromatic heterocycles. The van der Waals surface area contributed by atoms with Gasteiger partial charge in [0.15, 0.2) is 0 Å². The van der Waals surface area contributed by atoms with Crippen molar-refractivity contribution in [1.29, 1.82) is 0 Å². The van der Waals surface area contributed by atoms with Crippen molar-refractivity contribution in [3.8, 4) is 0 Å². The maximum atomic E-state index is 12.8. The Kier molecular flexibility index (Phi) is 4.28. The Hall–Kier alpha value is -1.58. The monoisotopic (exact) mass is 224 g/mol. The normalized spacial score (nSPS) is 12.2. The standard InChI is InChI=1S/C12H17FN2O/c1-3-4-8(2)12(16)15-11-6-5-9(13)7-10(11)14/h5-8H,3-4,14H2,1-2H3,(H,15,16). The average Bonchev–Trinajstić information content (AvgIpc) is 2.22. The predicted molar refractivity (Wildman–Crippen MR) is 63.5 cm³/mol. The number of nitrogen functional groups attached to an aromatic ring is 1. The number of anilines is 2. The van der Waals surface area contributed by atoms with Crippen LogP contribution in [0, 0.1) is 11.7 Å². The molecule has 0 aliphatic rings. The van der Waals surface area contributed by atoms with Crippen LogP contribution in [0.3, 0.4) is 0 Å². The third-order valence-electron chi connectivity index (χ3n) is 2.44. The van der Waals surface area contributed by atoms with E-state index in [-0.39, 0.29) is 17.5 Å². The van der Waals surface area contributed by atoms with Gasteiger partial charge in [0.25, 0.3) is 0 Å². The van der Waals surface area contributed by atoms with Crippen LogP contribution in [-0.4, -0.2) is 5.91 Å². The van der Waals surface area contributed by atoms with Gasteiger partial charge in [0.1, 0.15) is 5.82 Å². The Balaban J connectivity index is 2.69. The summed E-state index contributed by atoms with van der Waals surface area (Å²) in [6.45, 7) is 3.88. The van der Waals surface area contributed by atoms with Crippen molar-refractivity contribution in [2.75, 3.05) is 11.1 Å². The second kappa shape index (κ2) is 5.49. The minimum atomic E-state index is -0.405. The molecule has 3 N–H and O–H groups in total. The first kappa shape index (κ1) is 12.5. The van der Waals surface area contributed by atoms with E-state index in [1.54, 1.807) is 0 Å². The van der Waals surface area contributed by atoms with Gasteiger partial charge in [0, 0.05) is 5.92 Å². The number of benzene rings is 1. The number of amides is 1. The average molecular weight is 224 g/mol. The van der Waals surface area contributed by atoms with E-state index < -0.39 is 5.82 Å². The third kappa shape index (κ3) is 3.22. The summed E-state index contributed by atoms with van der Waals surface area (Å²) < 4.78 is 12.8. The lowest BCUT2D eigenvalue weighted by Gasteiger charge is -2.12. The van der Waals surface area contributed by atoms with E-state index in [0.717, 1.165) is 12.8 Å². The molecular formula is C12H17FN2O. The summed E-state index contributed by atoms with van der Waals surface area (Å²) in [4.78, 5) is 11.7. The molecule has 0 saturated heterocycles. The second-order valence-electron chi connectivity index (χ2n) is 3.91. The summed E-state index contributed by atoms with van der Waals surface area (Å²) in [5.41, 5.74) is 6.30. The van der Waals surface area contributed by atoms with Crippen molar-refractivity contribution in [2.24, 2.45) is 5.92 Å². The van der Waals surface area contributed by atoms with Gasteiger partial charge in [0.05, 0.1) is 11.4 Å². The summed E-state index contributed by atoms with van der Waals surface area (Å²) in [5.74, 6) is -0.549. The number of nitrogens with one attached hydrogen (secondary N) is 1. The number of hydrogen-bond donors (Lipinski definition) is 2. The number of hydrogen-bond acceptors (Lipinski definition) is 2. The molecule has 1 unspecified atom stereocenters. The van der Waals surface area contributed by atoms with Gasteiger partial charge in [-0.3, -0.25) is 4.79 Å². The van der Waals surface area contributed by atoms with Gasteiger partial charge >= 0.3 is 0 Å². The molecule has 1 rings (SSSR count). The summed E-state index contributed by atoms with van der Waals surface area (Å²) in [6.07, 6.45) is 1.78. The smallest absolute Gasteiger partial charge is 0.227 e. The van der Waals surface area contributed by atoms with E-state index in [0.29, 0.717) is 5.69 Å². The van der Waals surface area contributed by atoms with Gasteiger partial charge in [-0.15, -0.1) is 0 Å².